The molecule has 0 amide bonds. The van der Waals surface area contributed by atoms with Gasteiger partial charge in [0.05, 0.1) is 10.9 Å². The zero-order valence-corrected chi connectivity index (χ0v) is 15.8. The highest BCUT2D eigenvalue weighted by Gasteiger charge is 2.07. The normalized spacial score (nSPS) is 11.8. The second kappa shape index (κ2) is 7.20. The van der Waals surface area contributed by atoms with Crippen LogP contribution in [0.4, 0.5) is 5.82 Å². The number of anilines is 1. The summed E-state index contributed by atoms with van der Waals surface area (Å²) in [6.45, 7) is 2.05. The molecule has 5 heteroatoms. The molecule has 2 aromatic heterocycles. The molecule has 0 aliphatic heterocycles. The Balaban J connectivity index is 1.68. The molecule has 5 aromatic rings. The molecule has 0 unspecified atom stereocenters. The van der Waals surface area contributed by atoms with Crippen molar-refractivity contribution in [3.05, 3.63) is 96.1 Å². The molecule has 0 fully saturated rings. The highest BCUT2D eigenvalue weighted by atomic mass is 16.3. The van der Waals surface area contributed by atoms with Crippen LogP contribution in [0.1, 0.15) is 5.56 Å². The lowest BCUT2D eigenvalue weighted by Gasteiger charge is -2.07. The van der Waals surface area contributed by atoms with Crippen molar-refractivity contribution in [2.45, 2.75) is 6.92 Å². The van der Waals surface area contributed by atoms with Crippen LogP contribution >= 0.6 is 0 Å². The van der Waals surface area contributed by atoms with E-state index in [1.165, 1.54) is 6.33 Å². The van der Waals surface area contributed by atoms with E-state index in [2.05, 4.69) is 26.6 Å². The Hall–Kier alpha value is -3.99. The van der Waals surface area contributed by atoms with Crippen molar-refractivity contribution >= 4 is 27.7 Å². The Bertz CT molecular complexity index is 1390. The third-order valence-corrected chi connectivity index (χ3v) is 4.78. The number of para-hydroxylation sites is 1. The van der Waals surface area contributed by atoms with Gasteiger partial charge in [-0.1, -0.05) is 48.5 Å². The van der Waals surface area contributed by atoms with Gasteiger partial charge in [0.1, 0.15) is 17.7 Å². The van der Waals surface area contributed by atoms with Crippen LogP contribution in [0, 0.1) is 6.92 Å². The van der Waals surface area contributed by atoms with Gasteiger partial charge in [-0.2, -0.15) is 5.10 Å². The second-order valence-electron chi connectivity index (χ2n) is 6.82. The fourth-order valence-electron chi connectivity index (χ4n) is 3.32. The molecule has 140 valence electrons. The Morgan fingerprint density at radius 2 is 1.66 bits per heavy atom. The van der Waals surface area contributed by atoms with Crippen LogP contribution < -0.4 is 10.8 Å². The van der Waals surface area contributed by atoms with Crippen LogP contribution in [-0.2, 0) is 0 Å². The molecule has 29 heavy (non-hydrogen) atoms. The van der Waals surface area contributed by atoms with E-state index in [4.69, 9.17) is 4.42 Å². The summed E-state index contributed by atoms with van der Waals surface area (Å²) >= 11 is 0. The van der Waals surface area contributed by atoms with Gasteiger partial charge in [-0.25, -0.2) is 9.97 Å². The molecule has 0 saturated carbocycles. The Morgan fingerprint density at radius 1 is 0.828 bits per heavy atom. The van der Waals surface area contributed by atoms with E-state index in [1.807, 2.05) is 79.7 Å². The molecular formula is C24H18N4O. The number of aryl methyl sites for hydroxylation is 1. The monoisotopic (exact) mass is 378 g/mol. The molecule has 5 rings (SSSR count). The maximum Gasteiger partial charge on any atom is 0.157 e. The van der Waals surface area contributed by atoms with Crippen molar-refractivity contribution in [1.82, 2.24) is 9.97 Å². The minimum absolute atomic E-state index is 0.665. The first-order valence-electron chi connectivity index (χ1n) is 9.37. The molecule has 0 spiro atoms. The molecule has 1 N–H and O–H groups in total. The topological polar surface area (TPSA) is 63.3 Å². The molecule has 0 aliphatic carbocycles. The van der Waals surface area contributed by atoms with Crippen molar-refractivity contribution in [2.75, 3.05) is 5.43 Å². The van der Waals surface area contributed by atoms with Gasteiger partial charge in [0.25, 0.3) is 0 Å². The van der Waals surface area contributed by atoms with Crippen LogP contribution in [0.15, 0.2) is 94.7 Å². The first-order valence-corrected chi connectivity index (χ1v) is 9.37. The minimum atomic E-state index is 0.665. The average Bonchev–Trinajstić information content (AvgIpc) is 2.77. The molecule has 0 radical (unpaired) electrons. The van der Waals surface area contributed by atoms with E-state index in [-0.39, 0.29) is 0 Å². The number of benzene rings is 3. The maximum absolute atomic E-state index is 6.18. The lowest BCUT2D eigenvalue weighted by molar-refractivity contribution is 0.618. The third kappa shape index (κ3) is 3.34. The van der Waals surface area contributed by atoms with E-state index < -0.39 is 0 Å². The molecule has 0 bridgehead atoms. The molecule has 5 nitrogen and oxygen atoms in total. The van der Waals surface area contributed by atoms with Crippen molar-refractivity contribution in [3.8, 4) is 11.3 Å². The van der Waals surface area contributed by atoms with Crippen molar-refractivity contribution in [3.63, 3.8) is 0 Å². The van der Waals surface area contributed by atoms with Gasteiger partial charge >= 0.3 is 0 Å². The lowest BCUT2D eigenvalue weighted by atomic mass is 10.1. The largest absolute Gasteiger partial charge is 0.456 e. The summed E-state index contributed by atoms with van der Waals surface area (Å²) in [5.41, 5.74) is 6.91. The van der Waals surface area contributed by atoms with E-state index >= 15 is 0 Å². The predicted octanol–water partition coefficient (Wildman–Crippen LogP) is 5.28. The summed E-state index contributed by atoms with van der Waals surface area (Å²) in [7, 11) is 0. The Morgan fingerprint density at radius 3 is 2.55 bits per heavy atom. The number of rotatable bonds is 3. The van der Waals surface area contributed by atoms with Gasteiger partial charge in [-0.3, -0.25) is 5.43 Å². The van der Waals surface area contributed by atoms with Crippen LogP contribution in [0.25, 0.3) is 33.2 Å². The first-order chi connectivity index (χ1) is 14.3. The van der Waals surface area contributed by atoms with Gasteiger partial charge in [0, 0.05) is 22.4 Å². The quantitative estimate of drug-likeness (QED) is 0.434. The number of nitrogens with one attached hydrogen (secondary N) is 1. The number of nitrogens with zero attached hydrogens (tertiary/aromatic N) is 3. The van der Waals surface area contributed by atoms with Gasteiger partial charge in [-0.15, -0.1) is 0 Å². The summed E-state index contributed by atoms with van der Waals surface area (Å²) in [4.78, 5) is 8.66. The summed E-state index contributed by atoms with van der Waals surface area (Å²) in [5, 5.41) is 7.31. The van der Waals surface area contributed by atoms with Crippen LogP contribution in [0.3, 0.4) is 0 Å². The molecular weight excluding hydrogens is 360 g/mol. The molecule has 3 aromatic carbocycles. The average molecular weight is 378 g/mol. The fraction of sp³-hybridized carbons (Fsp3) is 0.0417. The lowest BCUT2D eigenvalue weighted by Crippen LogP contribution is -2.08. The number of aromatic nitrogens is 2. The highest BCUT2D eigenvalue weighted by Crippen LogP contribution is 2.23. The predicted molar refractivity (Wildman–Crippen MR) is 115 cm³/mol. The zero-order valence-electron chi connectivity index (χ0n) is 15.8. The van der Waals surface area contributed by atoms with Gasteiger partial charge < -0.3 is 4.42 Å². The Kier molecular flexibility index (Phi) is 4.26. The molecule has 0 saturated heterocycles. The molecule has 0 aliphatic rings. The summed E-state index contributed by atoms with van der Waals surface area (Å²) in [6.07, 6.45) is 1.54. The van der Waals surface area contributed by atoms with Crippen molar-refractivity contribution < 1.29 is 4.42 Å². The van der Waals surface area contributed by atoms with Crippen molar-refractivity contribution in [1.29, 1.82) is 0 Å². The number of fused-ring (bicyclic) bond motifs is 2. The summed E-state index contributed by atoms with van der Waals surface area (Å²) < 4.78 is 6.18. The van der Waals surface area contributed by atoms with Gasteiger partial charge in [-0.05, 0) is 36.8 Å². The van der Waals surface area contributed by atoms with Gasteiger partial charge in [0.2, 0.25) is 0 Å². The fourth-order valence-corrected chi connectivity index (χ4v) is 3.32. The van der Waals surface area contributed by atoms with Crippen LogP contribution in [-0.4, -0.2) is 9.97 Å². The minimum Gasteiger partial charge on any atom is -0.456 e. The highest BCUT2D eigenvalue weighted by molar-refractivity contribution is 5.88. The van der Waals surface area contributed by atoms with E-state index in [9.17, 15) is 0 Å². The van der Waals surface area contributed by atoms with E-state index in [0.29, 0.717) is 5.82 Å². The second-order valence-corrected chi connectivity index (χ2v) is 6.82. The molecule has 2 heterocycles. The smallest absolute Gasteiger partial charge is 0.157 e. The van der Waals surface area contributed by atoms with Crippen LogP contribution in [0.2, 0.25) is 0 Å². The standard InChI is InChI=1S/C24H18N4O/c1-16-11-12-18-21(14-22(29-23(18)13-16)17-7-3-2-4-8-17)27-28-24-19-9-5-6-10-20(19)25-15-26-24/h2-15H,1H3,(H,25,26,28). The summed E-state index contributed by atoms with van der Waals surface area (Å²) in [6, 6.07) is 25.9. The Labute approximate surface area is 167 Å². The summed E-state index contributed by atoms with van der Waals surface area (Å²) in [5.74, 6) is 1.43. The SMILES string of the molecule is Cc1ccc2c(=NNc3ncnc4ccccc34)cc(-c3ccccc3)oc2c1. The van der Waals surface area contributed by atoms with E-state index in [0.717, 1.165) is 44.1 Å². The molecule has 0 atom stereocenters. The zero-order chi connectivity index (χ0) is 19.6. The first kappa shape index (κ1) is 17.1. The van der Waals surface area contributed by atoms with Gasteiger partial charge in [0.15, 0.2) is 5.82 Å². The maximum atomic E-state index is 6.18. The third-order valence-electron chi connectivity index (χ3n) is 4.78. The number of hydrogen-bond donors (Lipinski definition) is 1. The van der Waals surface area contributed by atoms with E-state index in [1.54, 1.807) is 0 Å². The van der Waals surface area contributed by atoms with Crippen LogP contribution in [0.5, 0.6) is 0 Å². The van der Waals surface area contributed by atoms with Crippen molar-refractivity contribution in [2.24, 2.45) is 5.10 Å². The number of hydrogen-bond acceptors (Lipinski definition) is 5.